The highest BCUT2D eigenvalue weighted by molar-refractivity contribution is 7.98. The summed E-state index contributed by atoms with van der Waals surface area (Å²) in [6.07, 6.45) is 1.65. The molecule has 0 bridgehead atoms. The highest BCUT2D eigenvalue weighted by atomic mass is 32.2. The Morgan fingerprint density at radius 1 is 1.09 bits per heavy atom. The van der Waals surface area contributed by atoms with Crippen LogP contribution in [0.5, 0.6) is 0 Å². The first-order valence-corrected chi connectivity index (χ1v) is 10.8. The molecule has 0 fully saturated rings. The molecule has 9 heteroatoms. The molecule has 0 saturated heterocycles. The number of aromatic nitrogens is 3. The Kier molecular flexibility index (Phi) is 6.09. The van der Waals surface area contributed by atoms with Gasteiger partial charge in [-0.25, -0.2) is 4.68 Å². The quantitative estimate of drug-likeness (QED) is 0.412. The van der Waals surface area contributed by atoms with Crippen LogP contribution in [0.3, 0.4) is 0 Å². The van der Waals surface area contributed by atoms with Gasteiger partial charge in [-0.15, -0.1) is 11.8 Å². The molecule has 0 unspecified atom stereocenters. The van der Waals surface area contributed by atoms with Gasteiger partial charge in [0, 0.05) is 28.1 Å². The SMILES string of the molecule is Cc1noc(C)c1CSc1ccccc1C(=O)Nc1ccc(-n2ccc(C(N)=O)n2)cc1. The van der Waals surface area contributed by atoms with Gasteiger partial charge in [-0.3, -0.25) is 9.59 Å². The maximum atomic E-state index is 12.9. The maximum absolute atomic E-state index is 12.9. The summed E-state index contributed by atoms with van der Waals surface area (Å²) >= 11 is 1.57. The molecule has 4 aromatic rings. The number of hydrogen-bond acceptors (Lipinski definition) is 6. The molecule has 32 heavy (non-hydrogen) atoms. The Labute approximate surface area is 188 Å². The fourth-order valence-corrected chi connectivity index (χ4v) is 4.34. The molecule has 2 amide bonds. The second-order valence-electron chi connectivity index (χ2n) is 7.10. The van der Waals surface area contributed by atoms with Gasteiger partial charge >= 0.3 is 0 Å². The molecule has 0 atom stereocenters. The first-order valence-electron chi connectivity index (χ1n) is 9.83. The lowest BCUT2D eigenvalue weighted by molar-refractivity contribution is 0.0992. The Morgan fingerprint density at radius 2 is 1.84 bits per heavy atom. The van der Waals surface area contributed by atoms with Gasteiger partial charge in [-0.05, 0) is 56.3 Å². The van der Waals surface area contributed by atoms with E-state index in [-0.39, 0.29) is 11.6 Å². The molecule has 0 spiro atoms. The van der Waals surface area contributed by atoms with Crippen LogP contribution in [0.4, 0.5) is 5.69 Å². The van der Waals surface area contributed by atoms with Crippen molar-refractivity contribution >= 4 is 29.3 Å². The number of hydrogen-bond donors (Lipinski definition) is 2. The number of anilines is 1. The number of aryl methyl sites for hydroxylation is 2. The number of benzene rings is 2. The van der Waals surface area contributed by atoms with Crippen LogP contribution < -0.4 is 11.1 Å². The summed E-state index contributed by atoms with van der Waals surface area (Å²) in [6.45, 7) is 3.79. The number of carbonyl (C=O) groups excluding carboxylic acids is 2. The number of nitrogens with two attached hydrogens (primary N) is 1. The van der Waals surface area contributed by atoms with E-state index in [1.54, 1.807) is 59.0 Å². The van der Waals surface area contributed by atoms with Crippen LogP contribution in [0.15, 0.2) is 70.2 Å². The number of nitrogens with zero attached hydrogens (tertiary/aromatic N) is 3. The van der Waals surface area contributed by atoms with Crippen LogP contribution in [0.1, 0.15) is 37.9 Å². The Morgan fingerprint density at radius 3 is 2.50 bits per heavy atom. The van der Waals surface area contributed by atoms with E-state index in [0.29, 0.717) is 17.0 Å². The number of nitrogens with one attached hydrogen (secondary N) is 1. The molecule has 2 aromatic carbocycles. The molecular formula is C23H21N5O3S. The van der Waals surface area contributed by atoms with Gasteiger partial charge < -0.3 is 15.6 Å². The zero-order valence-corrected chi connectivity index (χ0v) is 18.3. The molecule has 0 saturated carbocycles. The lowest BCUT2D eigenvalue weighted by atomic mass is 10.2. The lowest BCUT2D eigenvalue weighted by Crippen LogP contribution is -2.13. The Bertz CT molecular complexity index is 1260. The van der Waals surface area contributed by atoms with Gasteiger partial charge in [0.1, 0.15) is 11.5 Å². The zero-order chi connectivity index (χ0) is 22.7. The number of primary amides is 1. The van der Waals surface area contributed by atoms with Gasteiger partial charge in [0.05, 0.1) is 16.9 Å². The first kappa shape index (κ1) is 21.4. The van der Waals surface area contributed by atoms with Crippen LogP contribution in [0.2, 0.25) is 0 Å². The molecule has 8 nitrogen and oxygen atoms in total. The van der Waals surface area contributed by atoms with Crippen molar-refractivity contribution in [1.82, 2.24) is 14.9 Å². The predicted octanol–water partition coefficient (Wildman–Crippen LogP) is 4.12. The van der Waals surface area contributed by atoms with Gasteiger partial charge in [-0.2, -0.15) is 5.10 Å². The predicted molar refractivity (Wildman–Crippen MR) is 122 cm³/mol. The maximum Gasteiger partial charge on any atom is 0.269 e. The second-order valence-corrected chi connectivity index (χ2v) is 8.12. The van der Waals surface area contributed by atoms with E-state index in [1.807, 2.05) is 32.0 Å². The third-order valence-electron chi connectivity index (χ3n) is 4.92. The fourth-order valence-electron chi connectivity index (χ4n) is 3.13. The molecule has 0 radical (unpaired) electrons. The molecule has 162 valence electrons. The summed E-state index contributed by atoms with van der Waals surface area (Å²) in [5, 5.41) is 11.0. The van der Waals surface area contributed by atoms with E-state index in [2.05, 4.69) is 15.6 Å². The van der Waals surface area contributed by atoms with Crippen molar-refractivity contribution in [2.45, 2.75) is 24.5 Å². The number of thioether (sulfide) groups is 1. The van der Waals surface area contributed by atoms with Crippen LogP contribution in [-0.4, -0.2) is 26.8 Å². The molecule has 2 heterocycles. The van der Waals surface area contributed by atoms with Crippen molar-refractivity contribution in [3.8, 4) is 5.69 Å². The fraction of sp³-hybridized carbons (Fsp3) is 0.130. The summed E-state index contributed by atoms with van der Waals surface area (Å²) in [4.78, 5) is 25.0. The smallest absolute Gasteiger partial charge is 0.269 e. The molecule has 0 aliphatic heterocycles. The third kappa shape index (κ3) is 4.57. The molecule has 0 aliphatic rings. The van der Waals surface area contributed by atoms with Gasteiger partial charge in [0.2, 0.25) is 0 Å². The van der Waals surface area contributed by atoms with Crippen LogP contribution in [-0.2, 0) is 5.75 Å². The number of carbonyl (C=O) groups is 2. The van der Waals surface area contributed by atoms with Crippen molar-refractivity contribution in [1.29, 1.82) is 0 Å². The number of rotatable bonds is 7. The average molecular weight is 448 g/mol. The first-order chi connectivity index (χ1) is 15.4. The van der Waals surface area contributed by atoms with Crippen molar-refractivity contribution in [3.63, 3.8) is 0 Å². The van der Waals surface area contributed by atoms with E-state index >= 15 is 0 Å². The second kappa shape index (κ2) is 9.11. The molecule has 4 rings (SSSR count). The Hall–Kier alpha value is -3.85. The minimum Gasteiger partial charge on any atom is -0.364 e. The monoisotopic (exact) mass is 447 g/mol. The third-order valence-corrected chi connectivity index (χ3v) is 6.02. The minimum atomic E-state index is -0.585. The zero-order valence-electron chi connectivity index (χ0n) is 17.5. The average Bonchev–Trinajstić information content (AvgIpc) is 3.40. The summed E-state index contributed by atoms with van der Waals surface area (Å²) in [5.74, 6) is 0.669. The summed E-state index contributed by atoms with van der Waals surface area (Å²) in [6, 6.07) is 16.2. The topological polar surface area (TPSA) is 116 Å². The highest BCUT2D eigenvalue weighted by Crippen LogP contribution is 2.29. The summed E-state index contributed by atoms with van der Waals surface area (Å²) in [7, 11) is 0. The molecule has 0 aliphatic carbocycles. The van der Waals surface area contributed by atoms with E-state index in [4.69, 9.17) is 10.3 Å². The van der Waals surface area contributed by atoms with Gasteiger partial charge in [0.15, 0.2) is 0 Å². The lowest BCUT2D eigenvalue weighted by Gasteiger charge is -2.10. The van der Waals surface area contributed by atoms with E-state index < -0.39 is 5.91 Å². The van der Waals surface area contributed by atoms with Crippen LogP contribution >= 0.6 is 11.8 Å². The number of amides is 2. The standard InChI is InChI=1S/C23H21N5O3S/c1-14-19(15(2)31-27-14)13-32-21-6-4-3-5-18(21)23(30)25-16-7-9-17(10-8-16)28-12-11-20(26-28)22(24)29/h3-12H,13H2,1-2H3,(H2,24,29)(H,25,30). The summed E-state index contributed by atoms with van der Waals surface area (Å²) in [5.41, 5.74) is 9.31. The van der Waals surface area contributed by atoms with Crippen molar-refractivity contribution in [3.05, 3.63) is 89.1 Å². The van der Waals surface area contributed by atoms with E-state index in [1.165, 1.54) is 0 Å². The largest absolute Gasteiger partial charge is 0.364 e. The minimum absolute atomic E-state index is 0.188. The van der Waals surface area contributed by atoms with Crippen molar-refractivity contribution in [2.75, 3.05) is 5.32 Å². The van der Waals surface area contributed by atoms with Gasteiger partial charge in [-0.1, -0.05) is 17.3 Å². The highest BCUT2D eigenvalue weighted by Gasteiger charge is 2.15. The van der Waals surface area contributed by atoms with Gasteiger partial charge in [0.25, 0.3) is 11.8 Å². The van der Waals surface area contributed by atoms with Crippen molar-refractivity contribution in [2.24, 2.45) is 5.73 Å². The molecule has 2 aromatic heterocycles. The van der Waals surface area contributed by atoms with Crippen LogP contribution in [0.25, 0.3) is 5.69 Å². The molecular weight excluding hydrogens is 426 g/mol. The normalized spacial score (nSPS) is 10.8. The van der Waals surface area contributed by atoms with E-state index in [0.717, 1.165) is 27.6 Å². The van der Waals surface area contributed by atoms with Crippen molar-refractivity contribution < 1.29 is 14.1 Å². The van der Waals surface area contributed by atoms with E-state index in [9.17, 15) is 9.59 Å². The molecule has 3 N–H and O–H groups in total. The van der Waals surface area contributed by atoms with Crippen LogP contribution in [0, 0.1) is 13.8 Å². The Balaban J connectivity index is 1.46. The summed E-state index contributed by atoms with van der Waals surface area (Å²) < 4.78 is 6.77.